The Morgan fingerprint density at radius 2 is 1.83 bits per heavy atom. The van der Waals surface area contributed by atoms with Crippen LogP contribution in [0.3, 0.4) is 0 Å². The van der Waals surface area contributed by atoms with Gasteiger partial charge in [-0.1, -0.05) is 12.1 Å². The molecule has 0 saturated carbocycles. The molecule has 0 fully saturated rings. The number of hydrogen-bond acceptors (Lipinski definition) is 5. The van der Waals surface area contributed by atoms with Crippen molar-refractivity contribution in [2.45, 2.75) is 37.6 Å². The van der Waals surface area contributed by atoms with Crippen LogP contribution in [-0.4, -0.2) is 17.4 Å². The second kappa shape index (κ2) is 9.22. The number of Topliss-reactive ketones (excluding diaryl/α,β-unsaturated/α-hetero) is 1. The molecule has 30 heavy (non-hydrogen) atoms. The van der Waals surface area contributed by atoms with Gasteiger partial charge in [-0.05, 0) is 56.7 Å². The Kier molecular flexibility index (Phi) is 6.88. The third-order valence-electron chi connectivity index (χ3n) is 4.30. The molecule has 0 saturated heterocycles. The SMILES string of the molecule is CC(=O)COc1ccc(SCc2sc(-c3ccc(C(F)(F)F)cc3)nc2C)cc1C. The zero-order chi connectivity index (χ0) is 21.9. The van der Waals surface area contributed by atoms with Crippen LogP contribution in [0.1, 0.15) is 28.6 Å². The number of hydrogen-bond donors (Lipinski definition) is 0. The molecule has 0 aliphatic rings. The molecule has 8 heteroatoms. The molecule has 0 aliphatic heterocycles. The van der Waals surface area contributed by atoms with Crippen LogP contribution in [0, 0.1) is 13.8 Å². The molecular weight excluding hydrogens is 431 g/mol. The lowest BCUT2D eigenvalue weighted by atomic mass is 10.1. The monoisotopic (exact) mass is 451 g/mol. The molecule has 1 aromatic heterocycles. The lowest BCUT2D eigenvalue weighted by molar-refractivity contribution is -0.137. The highest BCUT2D eigenvalue weighted by molar-refractivity contribution is 7.98. The van der Waals surface area contributed by atoms with Gasteiger partial charge < -0.3 is 4.74 Å². The molecule has 1 heterocycles. The van der Waals surface area contributed by atoms with E-state index < -0.39 is 11.7 Å². The van der Waals surface area contributed by atoms with E-state index in [1.165, 1.54) is 30.4 Å². The molecule has 0 spiro atoms. The van der Waals surface area contributed by atoms with Gasteiger partial charge in [-0.3, -0.25) is 4.79 Å². The average Bonchev–Trinajstić information content (AvgIpc) is 3.05. The summed E-state index contributed by atoms with van der Waals surface area (Å²) in [6.45, 7) is 5.38. The number of ether oxygens (including phenoxy) is 1. The van der Waals surface area contributed by atoms with Crippen LogP contribution in [0.4, 0.5) is 13.2 Å². The first-order chi connectivity index (χ1) is 14.1. The lowest BCUT2D eigenvalue weighted by Crippen LogP contribution is -2.07. The van der Waals surface area contributed by atoms with E-state index in [9.17, 15) is 18.0 Å². The van der Waals surface area contributed by atoms with Gasteiger partial charge in [0.15, 0.2) is 5.78 Å². The molecular formula is C22H20F3NO2S2. The Balaban J connectivity index is 1.68. The number of ketones is 1. The molecule has 0 N–H and O–H groups in total. The van der Waals surface area contributed by atoms with Gasteiger partial charge in [0.1, 0.15) is 17.4 Å². The number of carbonyl (C=O) groups is 1. The number of thiazole rings is 1. The van der Waals surface area contributed by atoms with Gasteiger partial charge in [-0.2, -0.15) is 13.2 Å². The van der Waals surface area contributed by atoms with Crippen molar-refractivity contribution in [1.29, 1.82) is 0 Å². The fourth-order valence-electron chi connectivity index (χ4n) is 2.69. The molecule has 3 nitrogen and oxygen atoms in total. The summed E-state index contributed by atoms with van der Waals surface area (Å²) in [6, 6.07) is 10.9. The molecule has 3 rings (SSSR count). The van der Waals surface area contributed by atoms with E-state index in [2.05, 4.69) is 4.98 Å². The van der Waals surface area contributed by atoms with Crippen LogP contribution in [-0.2, 0) is 16.7 Å². The predicted molar refractivity (Wildman–Crippen MR) is 114 cm³/mol. The number of carbonyl (C=O) groups excluding carboxylic acids is 1. The minimum absolute atomic E-state index is 0.0302. The summed E-state index contributed by atoms with van der Waals surface area (Å²) >= 11 is 3.14. The van der Waals surface area contributed by atoms with E-state index in [0.717, 1.165) is 33.2 Å². The van der Waals surface area contributed by atoms with Crippen LogP contribution in [0.25, 0.3) is 10.6 Å². The third kappa shape index (κ3) is 5.64. The third-order valence-corrected chi connectivity index (χ3v) is 6.71. The summed E-state index contributed by atoms with van der Waals surface area (Å²) in [7, 11) is 0. The number of aromatic nitrogens is 1. The minimum Gasteiger partial charge on any atom is -0.486 e. The van der Waals surface area contributed by atoms with Crippen molar-refractivity contribution in [1.82, 2.24) is 4.98 Å². The van der Waals surface area contributed by atoms with Crippen molar-refractivity contribution < 1.29 is 22.7 Å². The summed E-state index contributed by atoms with van der Waals surface area (Å²) in [5.74, 6) is 1.36. The van der Waals surface area contributed by atoms with E-state index in [1.807, 2.05) is 32.0 Å². The molecule has 0 aliphatic carbocycles. The maximum atomic E-state index is 12.7. The molecule has 0 amide bonds. The van der Waals surface area contributed by atoms with Gasteiger partial charge >= 0.3 is 6.18 Å². The van der Waals surface area contributed by atoms with Crippen molar-refractivity contribution in [3.63, 3.8) is 0 Å². The minimum atomic E-state index is -4.34. The van der Waals surface area contributed by atoms with Gasteiger partial charge in [0.05, 0.1) is 11.3 Å². The Hall–Kier alpha value is -2.32. The largest absolute Gasteiger partial charge is 0.486 e. The van der Waals surface area contributed by atoms with Gasteiger partial charge in [-0.15, -0.1) is 23.1 Å². The molecule has 0 radical (unpaired) electrons. The van der Waals surface area contributed by atoms with Crippen molar-refractivity contribution in [2.24, 2.45) is 0 Å². The highest BCUT2D eigenvalue weighted by Crippen LogP contribution is 2.35. The van der Waals surface area contributed by atoms with Crippen LogP contribution >= 0.6 is 23.1 Å². The average molecular weight is 452 g/mol. The van der Waals surface area contributed by atoms with Crippen LogP contribution in [0.2, 0.25) is 0 Å². The summed E-state index contributed by atoms with van der Waals surface area (Å²) in [4.78, 5) is 17.7. The Morgan fingerprint density at radius 1 is 1.13 bits per heavy atom. The topological polar surface area (TPSA) is 39.2 Å². The van der Waals surface area contributed by atoms with E-state index >= 15 is 0 Å². The van der Waals surface area contributed by atoms with Gasteiger partial charge in [-0.25, -0.2) is 4.98 Å². The maximum absolute atomic E-state index is 12.7. The maximum Gasteiger partial charge on any atom is 0.416 e. The van der Waals surface area contributed by atoms with Gasteiger partial charge in [0.25, 0.3) is 0 Å². The summed E-state index contributed by atoms with van der Waals surface area (Å²) < 4.78 is 43.7. The first-order valence-corrected chi connectivity index (χ1v) is 10.9. The van der Waals surface area contributed by atoms with Crippen molar-refractivity contribution in [2.75, 3.05) is 6.61 Å². The molecule has 3 aromatic rings. The summed E-state index contributed by atoms with van der Waals surface area (Å²) in [6.07, 6.45) is -4.34. The lowest BCUT2D eigenvalue weighted by Gasteiger charge is -2.09. The first-order valence-electron chi connectivity index (χ1n) is 9.13. The van der Waals surface area contributed by atoms with E-state index in [-0.39, 0.29) is 12.4 Å². The smallest absolute Gasteiger partial charge is 0.416 e. The number of thioether (sulfide) groups is 1. The standard InChI is InChI=1S/C22H20F3NO2S2/c1-13-10-18(8-9-19(13)28-11-14(2)27)29-12-20-15(3)26-21(30-20)16-4-6-17(7-5-16)22(23,24)25/h4-10H,11-12H2,1-3H3. The molecule has 158 valence electrons. The molecule has 0 atom stereocenters. The zero-order valence-corrected chi connectivity index (χ0v) is 18.3. The Morgan fingerprint density at radius 3 is 2.43 bits per heavy atom. The zero-order valence-electron chi connectivity index (χ0n) is 16.7. The number of rotatable bonds is 7. The Labute approximate surface area is 181 Å². The number of alkyl halides is 3. The fourth-order valence-corrected chi connectivity index (χ4v) is 4.90. The molecule has 0 bridgehead atoms. The number of aryl methyl sites for hydroxylation is 2. The highest BCUT2D eigenvalue weighted by Gasteiger charge is 2.30. The van der Waals surface area contributed by atoms with E-state index in [1.54, 1.807) is 11.8 Å². The van der Waals surface area contributed by atoms with Crippen molar-refractivity contribution in [3.05, 3.63) is 64.2 Å². The van der Waals surface area contributed by atoms with E-state index in [0.29, 0.717) is 22.1 Å². The molecule has 0 unspecified atom stereocenters. The number of halogens is 3. The second-order valence-corrected chi connectivity index (χ2v) is 8.94. The number of benzene rings is 2. The first kappa shape index (κ1) is 22.4. The van der Waals surface area contributed by atoms with Crippen molar-refractivity contribution in [3.8, 4) is 16.3 Å². The van der Waals surface area contributed by atoms with Crippen LogP contribution < -0.4 is 4.74 Å². The normalized spacial score (nSPS) is 11.5. The summed E-state index contributed by atoms with van der Waals surface area (Å²) in [5.41, 5.74) is 1.84. The predicted octanol–water partition coefficient (Wildman–Crippen LogP) is 6.71. The number of nitrogens with zero attached hydrogens (tertiary/aromatic N) is 1. The van der Waals surface area contributed by atoms with Crippen LogP contribution in [0.5, 0.6) is 5.75 Å². The van der Waals surface area contributed by atoms with Gasteiger partial charge in [0, 0.05) is 21.1 Å². The van der Waals surface area contributed by atoms with E-state index in [4.69, 9.17) is 4.74 Å². The summed E-state index contributed by atoms with van der Waals surface area (Å²) in [5, 5.41) is 0.709. The second-order valence-electron chi connectivity index (χ2n) is 6.81. The Bertz CT molecular complexity index is 1040. The van der Waals surface area contributed by atoms with Crippen molar-refractivity contribution >= 4 is 28.9 Å². The van der Waals surface area contributed by atoms with Gasteiger partial charge in [0.2, 0.25) is 0 Å². The fraction of sp³-hybridized carbons (Fsp3) is 0.273. The highest BCUT2D eigenvalue weighted by atomic mass is 32.2. The van der Waals surface area contributed by atoms with Crippen LogP contribution in [0.15, 0.2) is 47.4 Å². The molecule has 2 aromatic carbocycles. The quantitative estimate of drug-likeness (QED) is 0.375.